The molecule has 1 aliphatic rings. The summed E-state index contributed by atoms with van der Waals surface area (Å²) >= 11 is 3.51. The minimum absolute atomic E-state index is 0.0508. The van der Waals surface area contributed by atoms with Crippen LogP contribution in [0.1, 0.15) is 36.8 Å². The second kappa shape index (κ2) is 5.63. The van der Waals surface area contributed by atoms with E-state index in [1.807, 2.05) is 19.9 Å². The average Bonchev–Trinajstić information content (AvgIpc) is 2.28. The largest absolute Gasteiger partial charge is 0.330 e. The Bertz CT molecular complexity index is 466. The molecule has 0 saturated heterocycles. The van der Waals surface area contributed by atoms with Gasteiger partial charge in [0, 0.05) is 10.9 Å². The van der Waals surface area contributed by atoms with Crippen LogP contribution in [0.4, 0.5) is 5.69 Å². The first kappa shape index (κ1) is 14.5. The lowest BCUT2D eigenvalue weighted by atomic mass is 9.66. The molecule has 0 atom stereocenters. The van der Waals surface area contributed by atoms with Crippen LogP contribution in [0.5, 0.6) is 0 Å². The van der Waals surface area contributed by atoms with Crippen molar-refractivity contribution in [3.8, 4) is 0 Å². The number of hydrogen-bond donors (Lipinski definition) is 2. The highest BCUT2D eigenvalue weighted by Gasteiger charge is 2.37. The van der Waals surface area contributed by atoms with Gasteiger partial charge in [-0.1, -0.05) is 12.5 Å². The first-order valence-corrected chi connectivity index (χ1v) is 7.52. The van der Waals surface area contributed by atoms with Crippen LogP contribution in [0.3, 0.4) is 0 Å². The molecule has 0 spiro atoms. The van der Waals surface area contributed by atoms with E-state index in [1.54, 1.807) is 0 Å². The summed E-state index contributed by atoms with van der Waals surface area (Å²) in [4.78, 5) is 12.2. The molecular formula is C15H21BrN2O. The number of aryl methyl sites for hydroxylation is 2. The van der Waals surface area contributed by atoms with E-state index in [4.69, 9.17) is 5.73 Å². The second-order valence-electron chi connectivity index (χ2n) is 5.72. The van der Waals surface area contributed by atoms with E-state index < -0.39 is 0 Å². The topological polar surface area (TPSA) is 55.1 Å². The minimum atomic E-state index is 0.0508. The van der Waals surface area contributed by atoms with Crippen LogP contribution >= 0.6 is 15.9 Å². The maximum Gasteiger partial charge on any atom is 0.225 e. The van der Waals surface area contributed by atoms with E-state index in [9.17, 15) is 4.79 Å². The Balaban J connectivity index is 2.07. The van der Waals surface area contributed by atoms with Crippen molar-refractivity contribution in [1.29, 1.82) is 0 Å². The van der Waals surface area contributed by atoms with Crippen LogP contribution in [0.25, 0.3) is 0 Å². The Labute approximate surface area is 123 Å². The first-order chi connectivity index (χ1) is 8.96. The zero-order valence-electron chi connectivity index (χ0n) is 11.6. The lowest BCUT2D eigenvalue weighted by Gasteiger charge is -2.40. The third kappa shape index (κ3) is 3.18. The highest BCUT2D eigenvalue weighted by molar-refractivity contribution is 9.10. The molecule has 3 nitrogen and oxygen atoms in total. The Morgan fingerprint density at radius 1 is 1.42 bits per heavy atom. The monoisotopic (exact) mass is 324 g/mol. The lowest BCUT2D eigenvalue weighted by Crippen LogP contribution is -2.40. The number of carbonyl (C=O) groups excluding carboxylic acids is 1. The van der Waals surface area contributed by atoms with Crippen molar-refractivity contribution < 1.29 is 4.79 Å². The molecule has 0 heterocycles. The summed E-state index contributed by atoms with van der Waals surface area (Å²) in [5.41, 5.74) is 8.99. The third-order valence-corrected chi connectivity index (χ3v) is 4.70. The standard InChI is InChI=1S/C15H21BrN2O/c1-10-6-11(2)14(12(16)7-10)18-13(19)8-15(9-17)4-3-5-15/h6-7H,3-5,8-9,17H2,1-2H3,(H,18,19). The molecule has 1 fully saturated rings. The van der Waals surface area contributed by atoms with Crippen LogP contribution in [-0.4, -0.2) is 12.5 Å². The molecule has 0 bridgehead atoms. The van der Waals surface area contributed by atoms with E-state index in [0.717, 1.165) is 28.6 Å². The third-order valence-electron chi connectivity index (χ3n) is 4.08. The number of nitrogens with one attached hydrogen (secondary N) is 1. The van der Waals surface area contributed by atoms with Crippen molar-refractivity contribution in [2.45, 2.75) is 39.5 Å². The molecule has 1 amide bonds. The SMILES string of the molecule is Cc1cc(C)c(NC(=O)CC2(CN)CCC2)c(Br)c1. The van der Waals surface area contributed by atoms with Gasteiger partial charge in [0.15, 0.2) is 0 Å². The Morgan fingerprint density at radius 2 is 2.11 bits per heavy atom. The van der Waals surface area contributed by atoms with Gasteiger partial charge in [0.25, 0.3) is 0 Å². The average molecular weight is 325 g/mol. The van der Waals surface area contributed by atoms with Crippen molar-refractivity contribution in [3.05, 3.63) is 27.7 Å². The summed E-state index contributed by atoms with van der Waals surface area (Å²) < 4.78 is 0.939. The van der Waals surface area contributed by atoms with E-state index in [0.29, 0.717) is 13.0 Å². The van der Waals surface area contributed by atoms with Gasteiger partial charge in [0.05, 0.1) is 5.69 Å². The molecule has 0 unspecified atom stereocenters. The van der Waals surface area contributed by atoms with Gasteiger partial charge in [-0.05, 0) is 71.8 Å². The first-order valence-electron chi connectivity index (χ1n) is 6.72. The smallest absolute Gasteiger partial charge is 0.225 e. The van der Waals surface area contributed by atoms with Gasteiger partial charge >= 0.3 is 0 Å². The molecular weight excluding hydrogens is 304 g/mol. The van der Waals surface area contributed by atoms with Crippen LogP contribution < -0.4 is 11.1 Å². The molecule has 1 aromatic carbocycles. The zero-order valence-corrected chi connectivity index (χ0v) is 13.1. The van der Waals surface area contributed by atoms with Crippen molar-refractivity contribution in [1.82, 2.24) is 0 Å². The summed E-state index contributed by atoms with van der Waals surface area (Å²) in [5, 5.41) is 3.02. The molecule has 0 aliphatic heterocycles. The quantitative estimate of drug-likeness (QED) is 0.890. The summed E-state index contributed by atoms with van der Waals surface area (Å²) in [6, 6.07) is 4.09. The maximum atomic E-state index is 12.2. The van der Waals surface area contributed by atoms with Gasteiger partial charge in [-0.15, -0.1) is 0 Å². The van der Waals surface area contributed by atoms with Crippen molar-refractivity contribution >= 4 is 27.5 Å². The van der Waals surface area contributed by atoms with Crippen LogP contribution in [-0.2, 0) is 4.79 Å². The maximum absolute atomic E-state index is 12.2. The Hall–Kier alpha value is -0.870. The fourth-order valence-corrected chi connectivity index (χ4v) is 3.50. The number of anilines is 1. The number of halogens is 1. The minimum Gasteiger partial charge on any atom is -0.330 e. The molecule has 0 radical (unpaired) electrons. The molecule has 0 aromatic heterocycles. The fraction of sp³-hybridized carbons (Fsp3) is 0.533. The summed E-state index contributed by atoms with van der Waals surface area (Å²) in [6.07, 6.45) is 3.87. The van der Waals surface area contributed by atoms with E-state index in [-0.39, 0.29) is 11.3 Å². The van der Waals surface area contributed by atoms with Gasteiger partial charge < -0.3 is 11.1 Å². The number of nitrogens with two attached hydrogens (primary N) is 1. The Morgan fingerprint density at radius 3 is 2.58 bits per heavy atom. The molecule has 2 rings (SSSR count). The fourth-order valence-electron chi connectivity index (χ4n) is 2.73. The van der Waals surface area contributed by atoms with E-state index in [1.165, 1.54) is 12.0 Å². The summed E-state index contributed by atoms with van der Waals surface area (Å²) in [5.74, 6) is 0.0674. The van der Waals surface area contributed by atoms with Gasteiger partial charge in [-0.3, -0.25) is 4.79 Å². The Kier molecular flexibility index (Phi) is 4.31. The number of carbonyl (C=O) groups is 1. The van der Waals surface area contributed by atoms with Crippen LogP contribution in [0.15, 0.2) is 16.6 Å². The van der Waals surface area contributed by atoms with Crippen LogP contribution in [0.2, 0.25) is 0 Å². The number of hydrogen-bond acceptors (Lipinski definition) is 2. The normalized spacial score (nSPS) is 16.8. The molecule has 1 aliphatic carbocycles. The van der Waals surface area contributed by atoms with Crippen molar-refractivity contribution in [2.75, 3.05) is 11.9 Å². The van der Waals surface area contributed by atoms with Gasteiger partial charge in [0.1, 0.15) is 0 Å². The molecule has 1 saturated carbocycles. The number of amides is 1. The van der Waals surface area contributed by atoms with E-state index >= 15 is 0 Å². The molecule has 3 N–H and O–H groups in total. The van der Waals surface area contributed by atoms with E-state index in [2.05, 4.69) is 27.3 Å². The molecule has 19 heavy (non-hydrogen) atoms. The highest BCUT2D eigenvalue weighted by Crippen LogP contribution is 2.43. The van der Waals surface area contributed by atoms with Gasteiger partial charge in [-0.25, -0.2) is 0 Å². The summed E-state index contributed by atoms with van der Waals surface area (Å²) in [6.45, 7) is 4.66. The predicted molar refractivity (Wildman–Crippen MR) is 82.2 cm³/mol. The van der Waals surface area contributed by atoms with Crippen LogP contribution in [0, 0.1) is 19.3 Å². The predicted octanol–water partition coefficient (Wildman–Crippen LogP) is 3.52. The van der Waals surface area contributed by atoms with Crippen molar-refractivity contribution in [3.63, 3.8) is 0 Å². The van der Waals surface area contributed by atoms with Gasteiger partial charge in [-0.2, -0.15) is 0 Å². The molecule has 104 valence electrons. The highest BCUT2D eigenvalue weighted by atomic mass is 79.9. The second-order valence-corrected chi connectivity index (χ2v) is 6.58. The lowest BCUT2D eigenvalue weighted by molar-refractivity contribution is -0.119. The zero-order chi connectivity index (χ0) is 14.0. The summed E-state index contributed by atoms with van der Waals surface area (Å²) in [7, 11) is 0. The molecule has 1 aromatic rings. The number of rotatable bonds is 4. The van der Waals surface area contributed by atoms with Gasteiger partial charge in [0.2, 0.25) is 5.91 Å². The number of benzene rings is 1. The van der Waals surface area contributed by atoms with Crippen molar-refractivity contribution in [2.24, 2.45) is 11.1 Å². The molecule has 4 heteroatoms.